The number of rotatable bonds is 1. The van der Waals surface area contributed by atoms with Crippen molar-refractivity contribution in [3.8, 4) is 0 Å². The van der Waals surface area contributed by atoms with Gasteiger partial charge in [0.25, 0.3) is 0 Å². The summed E-state index contributed by atoms with van der Waals surface area (Å²) in [6.07, 6.45) is 4.10. The summed E-state index contributed by atoms with van der Waals surface area (Å²) in [5, 5.41) is 4.80. The summed E-state index contributed by atoms with van der Waals surface area (Å²) in [6.45, 7) is 3.21. The van der Waals surface area contributed by atoms with Gasteiger partial charge >= 0.3 is 0 Å². The number of halogens is 2. The topological polar surface area (TPSA) is 28.2 Å². The van der Waals surface area contributed by atoms with Crippen LogP contribution in [0.2, 0.25) is 10.0 Å². The Hall–Kier alpha value is -0.510. The van der Waals surface area contributed by atoms with E-state index in [1.807, 2.05) is 0 Å². The number of nitrogens with one attached hydrogen (secondary N) is 1. The molecule has 1 aromatic heterocycles. The number of fused-ring (bicyclic) bond motifs is 1. The van der Waals surface area contributed by atoms with Crippen molar-refractivity contribution in [1.82, 2.24) is 10.3 Å². The van der Waals surface area contributed by atoms with Crippen molar-refractivity contribution in [3.63, 3.8) is 0 Å². The van der Waals surface area contributed by atoms with Gasteiger partial charge in [0.2, 0.25) is 0 Å². The van der Waals surface area contributed by atoms with Crippen LogP contribution >= 0.6 is 23.2 Å². The van der Waals surface area contributed by atoms with Crippen LogP contribution in [0, 0.1) is 5.92 Å². The standard InChI is InChI=1S/C12H15Cl2N3/c13-9-5-10(14)12(16-6-9)17-4-2-11-8(7-17)1-3-15-11/h5-6,8,11,15H,1-4,7H2. The van der Waals surface area contributed by atoms with E-state index in [1.165, 1.54) is 12.8 Å². The van der Waals surface area contributed by atoms with Crippen molar-refractivity contribution in [3.05, 3.63) is 22.3 Å². The molecule has 0 spiro atoms. The lowest BCUT2D eigenvalue weighted by molar-refractivity contribution is 0.375. The smallest absolute Gasteiger partial charge is 0.147 e. The van der Waals surface area contributed by atoms with Crippen LogP contribution in [0.5, 0.6) is 0 Å². The number of anilines is 1. The molecule has 3 heterocycles. The lowest BCUT2D eigenvalue weighted by Crippen LogP contribution is -2.44. The van der Waals surface area contributed by atoms with Crippen LogP contribution in [0.1, 0.15) is 12.8 Å². The fourth-order valence-corrected chi connectivity index (χ4v) is 3.38. The highest BCUT2D eigenvalue weighted by molar-refractivity contribution is 6.36. The molecule has 2 aliphatic heterocycles. The number of pyridine rings is 1. The van der Waals surface area contributed by atoms with Crippen LogP contribution in [0.25, 0.3) is 0 Å². The maximum absolute atomic E-state index is 6.20. The van der Waals surface area contributed by atoms with E-state index < -0.39 is 0 Å². The van der Waals surface area contributed by atoms with Crippen LogP contribution < -0.4 is 10.2 Å². The Labute approximate surface area is 111 Å². The first kappa shape index (κ1) is 11.6. The minimum atomic E-state index is 0.594. The molecule has 92 valence electrons. The molecule has 0 amide bonds. The van der Waals surface area contributed by atoms with Crippen molar-refractivity contribution in [2.24, 2.45) is 5.92 Å². The van der Waals surface area contributed by atoms with Crippen molar-refractivity contribution >= 4 is 29.0 Å². The van der Waals surface area contributed by atoms with Crippen LogP contribution in [-0.4, -0.2) is 30.7 Å². The van der Waals surface area contributed by atoms with Crippen LogP contribution in [0.15, 0.2) is 12.3 Å². The molecule has 0 saturated carbocycles. The van der Waals surface area contributed by atoms with E-state index in [-0.39, 0.29) is 0 Å². The molecular weight excluding hydrogens is 257 g/mol. The van der Waals surface area contributed by atoms with Gasteiger partial charge < -0.3 is 10.2 Å². The molecule has 0 radical (unpaired) electrons. The SMILES string of the molecule is Clc1cnc(N2CCC3NCCC3C2)c(Cl)c1. The van der Waals surface area contributed by atoms with Gasteiger partial charge in [-0.1, -0.05) is 23.2 Å². The van der Waals surface area contributed by atoms with Gasteiger partial charge in [-0.05, 0) is 31.4 Å². The molecule has 3 rings (SSSR count). The lowest BCUT2D eigenvalue weighted by Gasteiger charge is -2.35. The quantitative estimate of drug-likeness (QED) is 0.851. The van der Waals surface area contributed by atoms with Crippen LogP contribution in [-0.2, 0) is 0 Å². The number of nitrogens with zero attached hydrogens (tertiary/aromatic N) is 2. The maximum atomic E-state index is 6.20. The summed E-state index contributed by atoms with van der Waals surface area (Å²) in [5.41, 5.74) is 0. The zero-order valence-corrected chi connectivity index (χ0v) is 11.0. The zero-order valence-electron chi connectivity index (χ0n) is 9.50. The number of hydrogen-bond donors (Lipinski definition) is 1. The van der Waals surface area contributed by atoms with Crippen molar-refractivity contribution in [2.75, 3.05) is 24.5 Å². The van der Waals surface area contributed by atoms with Gasteiger partial charge in [0.05, 0.1) is 10.0 Å². The number of piperidine rings is 1. The Kier molecular flexibility index (Phi) is 3.16. The van der Waals surface area contributed by atoms with Crippen molar-refractivity contribution in [2.45, 2.75) is 18.9 Å². The van der Waals surface area contributed by atoms with Crippen LogP contribution in [0.4, 0.5) is 5.82 Å². The van der Waals surface area contributed by atoms with Crippen molar-refractivity contribution < 1.29 is 0 Å². The summed E-state index contributed by atoms with van der Waals surface area (Å²) in [5.74, 6) is 1.61. The van der Waals surface area contributed by atoms with Gasteiger partial charge in [-0.15, -0.1) is 0 Å². The molecule has 2 saturated heterocycles. The van der Waals surface area contributed by atoms with E-state index in [0.29, 0.717) is 16.1 Å². The Morgan fingerprint density at radius 2 is 2.24 bits per heavy atom. The normalized spacial score (nSPS) is 28.2. The van der Waals surface area contributed by atoms with Gasteiger partial charge in [-0.25, -0.2) is 4.98 Å². The highest BCUT2D eigenvalue weighted by atomic mass is 35.5. The fourth-order valence-electron chi connectivity index (χ4n) is 2.88. The lowest BCUT2D eigenvalue weighted by atomic mass is 9.93. The summed E-state index contributed by atoms with van der Waals surface area (Å²) >= 11 is 12.1. The van der Waals surface area contributed by atoms with E-state index in [0.717, 1.165) is 31.4 Å². The van der Waals surface area contributed by atoms with E-state index in [9.17, 15) is 0 Å². The maximum Gasteiger partial charge on any atom is 0.147 e. The molecule has 0 aromatic carbocycles. The predicted octanol–water partition coefficient (Wildman–Crippen LogP) is 2.58. The summed E-state index contributed by atoms with van der Waals surface area (Å²) in [4.78, 5) is 6.64. The van der Waals surface area contributed by atoms with E-state index >= 15 is 0 Å². The summed E-state index contributed by atoms with van der Waals surface area (Å²) < 4.78 is 0. The van der Waals surface area contributed by atoms with Crippen molar-refractivity contribution in [1.29, 1.82) is 0 Å². The third-order valence-corrected chi connectivity index (χ3v) is 4.23. The Balaban J connectivity index is 1.80. The average Bonchev–Trinajstić information content (AvgIpc) is 2.75. The summed E-state index contributed by atoms with van der Waals surface area (Å²) in [6, 6.07) is 2.46. The molecule has 2 atom stereocenters. The van der Waals surface area contributed by atoms with Gasteiger partial charge in [0.1, 0.15) is 5.82 Å². The predicted molar refractivity (Wildman–Crippen MR) is 71.0 cm³/mol. The highest BCUT2D eigenvalue weighted by Gasteiger charge is 2.33. The van der Waals surface area contributed by atoms with E-state index in [1.54, 1.807) is 12.3 Å². The molecule has 0 aliphatic carbocycles. The highest BCUT2D eigenvalue weighted by Crippen LogP contribution is 2.31. The first-order valence-corrected chi connectivity index (χ1v) is 6.79. The summed E-state index contributed by atoms with van der Waals surface area (Å²) in [7, 11) is 0. The molecule has 2 unspecified atom stereocenters. The molecule has 1 aromatic rings. The first-order valence-electron chi connectivity index (χ1n) is 6.03. The van der Waals surface area contributed by atoms with E-state index in [2.05, 4.69) is 15.2 Å². The van der Waals surface area contributed by atoms with Gasteiger partial charge in [-0.3, -0.25) is 0 Å². The first-order chi connectivity index (χ1) is 8.24. The molecule has 2 aliphatic rings. The molecule has 5 heteroatoms. The van der Waals surface area contributed by atoms with Gasteiger partial charge in [-0.2, -0.15) is 0 Å². The second-order valence-electron chi connectivity index (χ2n) is 4.80. The molecule has 3 nitrogen and oxygen atoms in total. The molecule has 1 N–H and O–H groups in total. The average molecular weight is 272 g/mol. The Morgan fingerprint density at radius 1 is 1.35 bits per heavy atom. The molecule has 17 heavy (non-hydrogen) atoms. The Morgan fingerprint density at radius 3 is 3.06 bits per heavy atom. The second-order valence-corrected chi connectivity index (χ2v) is 5.65. The van der Waals surface area contributed by atoms with Gasteiger partial charge in [0.15, 0.2) is 0 Å². The third kappa shape index (κ3) is 2.24. The molecule has 0 bridgehead atoms. The third-order valence-electron chi connectivity index (χ3n) is 3.74. The number of aromatic nitrogens is 1. The molecule has 2 fully saturated rings. The van der Waals surface area contributed by atoms with Crippen LogP contribution in [0.3, 0.4) is 0 Å². The van der Waals surface area contributed by atoms with Gasteiger partial charge in [0, 0.05) is 25.3 Å². The zero-order chi connectivity index (χ0) is 11.8. The number of hydrogen-bond acceptors (Lipinski definition) is 3. The Bertz CT molecular complexity index is 424. The minimum absolute atomic E-state index is 0.594. The van der Waals surface area contributed by atoms with E-state index in [4.69, 9.17) is 23.2 Å². The second kappa shape index (κ2) is 4.63. The fraction of sp³-hybridized carbons (Fsp3) is 0.583. The monoisotopic (exact) mass is 271 g/mol. The molecular formula is C12H15Cl2N3. The largest absolute Gasteiger partial charge is 0.355 e. The minimum Gasteiger partial charge on any atom is -0.355 e.